The third-order valence-corrected chi connectivity index (χ3v) is 3.50. The molecule has 0 N–H and O–H groups in total. The molecule has 0 radical (unpaired) electrons. The van der Waals surface area contributed by atoms with E-state index in [2.05, 4.69) is 5.10 Å². The number of aromatic nitrogens is 2. The molecule has 1 aromatic carbocycles. The molecular weight excluding hydrogens is 276 g/mol. The molecule has 1 aromatic heterocycles. The van der Waals surface area contributed by atoms with Crippen LogP contribution in [0, 0.1) is 0 Å². The van der Waals surface area contributed by atoms with Crippen LogP contribution < -0.4 is 0 Å². The van der Waals surface area contributed by atoms with Gasteiger partial charge in [-0.3, -0.25) is 0 Å². The fraction of sp³-hybridized carbons (Fsp3) is 0.333. The highest BCUT2D eigenvalue weighted by atomic mass is 35.5. The Morgan fingerprint density at radius 2 is 2.25 bits per heavy atom. The van der Waals surface area contributed by atoms with Crippen molar-refractivity contribution in [3.8, 4) is 5.69 Å². The van der Waals surface area contributed by atoms with Crippen molar-refractivity contribution in [2.75, 3.05) is 6.61 Å². The van der Waals surface area contributed by atoms with Crippen LogP contribution in [0.15, 0.2) is 30.3 Å². The van der Waals surface area contributed by atoms with Crippen molar-refractivity contribution < 1.29 is 9.53 Å². The molecule has 0 aliphatic heterocycles. The minimum absolute atomic E-state index is 0.346. The Labute approximate surface area is 122 Å². The summed E-state index contributed by atoms with van der Waals surface area (Å²) in [4.78, 5) is 12.1. The number of hydrogen-bond acceptors (Lipinski definition) is 3. The highest BCUT2D eigenvalue weighted by molar-refractivity contribution is 6.30. The molecule has 2 aromatic rings. The van der Waals surface area contributed by atoms with E-state index in [1.807, 2.05) is 18.2 Å². The maximum atomic E-state index is 12.1. The van der Waals surface area contributed by atoms with Crippen LogP contribution in [-0.4, -0.2) is 22.4 Å². The molecule has 0 amide bonds. The van der Waals surface area contributed by atoms with Crippen LogP contribution in [0.2, 0.25) is 5.02 Å². The standard InChI is InChI=1S/C15H15ClN2O2/c1-2-20-15(19)14-9-13(10-6-7-10)17-18(14)12-5-3-4-11(16)8-12/h3-5,8-10H,2,6-7H2,1H3. The van der Waals surface area contributed by atoms with Gasteiger partial charge >= 0.3 is 5.97 Å². The first-order valence-corrected chi connectivity index (χ1v) is 7.10. The number of benzene rings is 1. The summed E-state index contributed by atoms with van der Waals surface area (Å²) >= 11 is 6.01. The summed E-state index contributed by atoms with van der Waals surface area (Å²) in [7, 11) is 0. The quantitative estimate of drug-likeness (QED) is 0.809. The van der Waals surface area contributed by atoms with Gasteiger partial charge in [0.05, 0.1) is 18.0 Å². The van der Waals surface area contributed by atoms with Crippen LogP contribution in [0.25, 0.3) is 5.69 Å². The Balaban J connectivity index is 2.05. The van der Waals surface area contributed by atoms with Gasteiger partial charge in [-0.2, -0.15) is 5.10 Å². The SMILES string of the molecule is CCOC(=O)c1cc(C2CC2)nn1-c1cccc(Cl)c1. The molecule has 0 unspecified atom stereocenters. The second-order valence-corrected chi connectivity index (χ2v) is 5.28. The zero-order chi connectivity index (χ0) is 14.1. The van der Waals surface area contributed by atoms with Gasteiger partial charge in [-0.05, 0) is 44.0 Å². The van der Waals surface area contributed by atoms with Crippen molar-refractivity contribution in [3.63, 3.8) is 0 Å². The second-order valence-electron chi connectivity index (χ2n) is 4.84. The summed E-state index contributed by atoms with van der Waals surface area (Å²) in [6, 6.07) is 9.12. The van der Waals surface area contributed by atoms with Gasteiger partial charge in [-0.25, -0.2) is 9.48 Å². The highest BCUT2D eigenvalue weighted by Gasteiger charge is 2.29. The van der Waals surface area contributed by atoms with Gasteiger partial charge in [0.1, 0.15) is 0 Å². The van der Waals surface area contributed by atoms with E-state index in [-0.39, 0.29) is 5.97 Å². The van der Waals surface area contributed by atoms with E-state index >= 15 is 0 Å². The van der Waals surface area contributed by atoms with Crippen molar-refractivity contribution in [1.82, 2.24) is 9.78 Å². The number of carbonyl (C=O) groups is 1. The molecule has 4 nitrogen and oxygen atoms in total. The molecule has 1 aliphatic rings. The van der Waals surface area contributed by atoms with E-state index in [0.29, 0.717) is 23.2 Å². The first-order chi connectivity index (χ1) is 9.69. The van der Waals surface area contributed by atoms with Crippen LogP contribution >= 0.6 is 11.6 Å². The first kappa shape index (κ1) is 13.2. The van der Waals surface area contributed by atoms with Crippen LogP contribution in [0.1, 0.15) is 41.9 Å². The maximum Gasteiger partial charge on any atom is 0.357 e. The summed E-state index contributed by atoms with van der Waals surface area (Å²) in [5.41, 5.74) is 2.18. The average Bonchev–Trinajstić information content (AvgIpc) is 3.18. The lowest BCUT2D eigenvalue weighted by Crippen LogP contribution is -2.11. The molecule has 20 heavy (non-hydrogen) atoms. The van der Waals surface area contributed by atoms with Gasteiger partial charge in [0.25, 0.3) is 0 Å². The second kappa shape index (κ2) is 5.29. The number of ether oxygens (including phenoxy) is 1. The lowest BCUT2D eigenvalue weighted by molar-refractivity contribution is 0.0515. The van der Waals surface area contributed by atoms with Crippen LogP contribution in [-0.2, 0) is 4.74 Å². The molecule has 5 heteroatoms. The molecule has 1 heterocycles. The van der Waals surface area contributed by atoms with E-state index in [1.54, 1.807) is 23.7 Å². The molecule has 0 spiro atoms. The van der Waals surface area contributed by atoms with E-state index in [1.165, 1.54) is 0 Å². The average molecular weight is 291 g/mol. The largest absolute Gasteiger partial charge is 0.461 e. The van der Waals surface area contributed by atoms with Gasteiger partial charge in [0.15, 0.2) is 5.69 Å². The number of esters is 1. The normalized spacial score (nSPS) is 14.3. The number of halogens is 1. The predicted octanol–water partition coefficient (Wildman–Crippen LogP) is 3.58. The summed E-state index contributed by atoms with van der Waals surface area (Å²) in [6.45, 7) is 2.14. The smallest absolute Gasteiger partial charge is 0.357 e. The first-order valence-electron chi connectivity index (χ1n) is 6.72. The molecule has 1 saturated carbocycles. The van der Waals surface area contributed by atoms with Crippen molar-refractivity contribution in [3.05, 3.63) is 46.7 Å². The third kappa shape index (κ3) is 2.56. The fourth-order valence-corrected chi connectivity index (χ4v) is 2.32. The Hall–Kier alpha value is -1.81. The molecule has 0 bridgehead atoms. The lowest BCUT2D eigenvalue weighted by atomic mass is 10.2. The van der Waals surface area contributed by atoms with Gasteiger partial charge < -0.3 is 4.74 Å². The highest BCUT2D eigenvalue weighted by Crippen LogP contribution is 2.39. The number of rotatable bonds is 4. The van der Waals surface area contributed by atoms with Crippen LogP contribution in [0.3, 0.4) is 0 Å². The molecular formula is C15H15ClN2O2. The summed E-state index contributed by atoms with van der Waals surface area (Å²) in [6.07, 6.45) is 2.27. The van der Waals surface area contributed by atoms with E-state index in [9.17, 15) is 4.79 Å². The summed E-state index contributed by atoms with van der Waals surface area (Å²) in [5.74, 6) is 0.121. The fourth-order valence-electron chi connectivity index (χ4n) is 2.13. The molecule has 104 valence electrons. The number of nitrogens with zero attached hydrogens (tertiary/aromatic N) is 2. The van der Waals surface area contributed by atoms with Gasteiger partial charge in [-0.15, -0.1) is 0 Å². The number of hydrogen-bond donors (Lipinski definition) is 0. The Bertz CT molecular complexity index is 647. The summed E-state index contributed by atoms with van der Waals surface area (Å²) < 4.78 is 6.72. The van der Waals surface area contributed by atoms with E-state index in [4.69, 9.17) is 16.3 Å². The Morgan fingerprint density at radius 1 is 1.45 bits per heavy atom. The van der Waals surface area contributed by atoms with Crippen LogP contribution in [0.5, 0.6) is 0 Å². The zero-order valence-electron chi connectivity index (χ0n) is 11.2. The minimum Gasteiger partial charge on any atom is -0.461 e. The predicted molar refractivity (Wildman–Crippen MR) is 76.5 cm³/mol. The lowest BCUT2D eigenvalue weighted by Gasteiger charge is -2.07. The Morgan fingerprint density at radius 3 is 2.90 bits per heavy atom. The topological polar surface area (TPSA) is 44.1 Å². The molecule has 0 saturated heterocycles. The van der Waals surface area contributed by atoms with Crippen molar-refractivity contribution in [2.45, 2.75) is 25.7 Å². The number of carbonyl (C=O) groups excluding carboxylic acids is 1. The molecule has 1 aliphatic carbocycles. The van der Waals surface area contributed by atoms with Crippen molar-refractivity contribution in [2.24, 2.45) is 0 Å². The molecule has 0 atom stereocenters. The Kier molecular flexibility index (Phi) is 3.49. The van der Waals surface area contributed by atoms with Gasteiger partial charge in [0, 0.05) is 10.9 Å². The van der Waals surface area contributed by atoms with Gasteiger partial charge in [-0.1, -0.05) is 17.7 Å². The van der Waals surface area contributed by atoms with Crippen LogP contribution in [0.4, 0.5) is 0 Å². The minimum atomic E-state index is -0.355. The van der Waals surface area contributed by atoms with E-state index < -0.39 is 0 Å². The zero-order valence-corrected chi connectivity index (χ0v) is 11.9. The monoisotopic (exact) mass is 290 g/mol. The summed E-state index contributed by atoms with van der Waals surface area (Å²) in [5, 5.41) is 5.16. The van der Waals surface area contributed by atoms with Gasteiger partial charge in [0.2, 0.25) is 0 Å². The molecule has 1 fully saturated rings. The van der Waals surface area contributed by atoms with E-state index in [0.717, 1.165) is 24.2 Å². The van der Waals surface area contributed by atoms with Crippen molar-refractivity contribution in [1.29, 1.82) is 0 Å². The van der Waals surface area contributed by atoms with Crippen molar-refractivity contribution >= 4 is 17.6 Å². The third-order valence-electron chi connectivity index (χ3n) is 3.26. The maximum absolute atomic E-state index is 12.1. The molecule has 3 rings (SSSR count).